The Hall–Kier alpha value is -2.04. The molecule has 1 amide bonds. The first-order valence-corrected chi connectivity index (χ1v) is 6.64. The maximum absolute atomic E-state index is 12.4. The minimum absolute atomic E-state index is 0.0634. The predicted octanol–water partition coefficient (Wildman–Crippen LogP) is 1.71. The van der Waals surface area contributed by atoms with Crippen LogP contribution in [-0.2, 0) is 11.2 Å². The molecular weight excluding hydrogens is 258 g/mol. The van der Waals surface area contributed by atoms with E-state index in [0.717, 1.165) is 18.4 Å². The van der Waals surface area contributed by atoms with Crippen molar-refractivity contribution in [3.8, 4) is 11.5 Å². The Labute approximate surface area is 118 Å². The van der Waals surface area contributed by atoms with E-state index in [-0.39, 0.29) is 24.0 Å². The lowest BCUT2D eigenvalue weighted by Crippen LogP contribution is -2.24. The van der Waals surface area contributed by atoms with Gasteiger partial charge in [0.25, 0.3) is 0 Å². The van der Waals surface area contributed by atoms with Crippen molar-refractivity contribution in [3.05, 3.63) is 23.3 Å². The molecule has 0 bridgehead atoms. The van der Waals surface area contributed by atoms with Gasteiger partial charge in [0.2, 0.25) is 5.91 Å². The van der Waals surface area contributed by atoms with E-state index in [1.54, 1.807) is 20.3 Å². The molecular formula is C15H19NO4. The number of benzene rings is 1. The molecule has 1 aromatic rings. The monoisotopic (exact) mass is 277 g/mol. The molecule has 5 nitrogen and oxygen atoms in total. The highest BCUT2D eigenvalue weighted by molar-refractivity contribution is 6.01. The fourth-order valence-corrected chi connectivity index (χ4v) is 2.63. The molecule has 5 heteroatoms. The summed E-state index contributed by atoms with van der Waals surface area (Å²) < 4.78 is 10.5. The van der Waals surface area contributed by atoms with Gasteiger partial charge in [-0.25, -0.2) is 0 Å². The maximum Gasteiger partial charge on any atom is 0.217 e. The molecule has 0 saturated heterocycles. The van der Waals surface area contributed by atoms with E-state index in [0.29, 0.717) is 23.5 Å². The van der Waals surface area contributed by atoms with Crippen molar-refractivity contribution in [2.24, 2.45) is 11.7 Å². The van der Waals surface area contributed by atoms with Crippen LogP contribution in [0, 0.1) is 5.92 Å². The van der Waals surface area contributed by atoms with Crippen molar-refractivity contribution in [1.82, 2.24) is 0 Å². The van der Waals surface area contributed by atoms with Crippen LogP contribution in [0.15, 0.2) is 12.1 Å². The summed E-state index contributed by atoms with van der Waals surface area (Å²) in [5.41, 5.74) is 6.79. The number of ether oxygens (including phenoxy) is 2. The second-order valence-electron chi connectivity index (χ2n) is 4.97. The zero-order chi connectivity index (χ0) is 14.7. The molecule has 0 heterocycles. The molecule has 0 saturated carbocycles. The summed E-state index contributed by atoms with van der Waals surface area (Å²) >= 11 is 0. The second-order valence-corrected chi connectivity index (χ2v) is 4.97. The number of carbonyl (C=O) groups excluding carboxylic acids is 2. The van der Waals surface area contributed by atoms with Crippen molar-refractivity contribution in [2.45, 2.75) is 25.7 Å². The average molecular weight is 277 g/mol. The highest BCUT2D eigenvalue weighted by Gasteiger charge is 2.29. The molecule has 1 aliphatic rings. The van der Waals surface area contributed by atoms with Gasteiger partial charge < -0.3 is 15.2 Å². The van der Waals surface area contributed by atoms with E-state index in [2.05, 4.69) is 0 Å². The third-order valence-corrected chi connectivity index (χ3v) is 3.75. The van der Waals surface area contributed by atoms with E-state index in [9.17, 15) is 9.59 Å². The van der Waals surface area contributed by atoms with Gasteiger partial charge >= 0.3 is 0 Å². The van der Waals surface area contributed by atoms with Gasteiger partial charge in [-0.1, -0.05) is 0 Å². The number of hydrogen-bond donors (Lipinski definition) is 1. The first kappa shape index (κ1) is 14.4. The Balaban J connectivity index is 2.27. The Bertz CT molecular complexity index is 539. The first-order valence-electron chi connectivity index (χ1n) is 6.64. The van der Waals surface area contributed by atoms with E-state index >= 15 is 0 Å². The summed E-state index contributed by atoms with van der Waals surface area (Å²) in [6.45, 7) is 0. The fourth-order valence-electron chi connectivity index (χ4n) is 2.63. The zero-order valence-electron chi connectivity index (χ0n) is 11.8. The number of hydrogen-bond acceptors (Lipinski definition) is 4. The molecule has 0 fully saturated rings. The minimum atomic E-state index is -0.365. The number of nitrogens with two attached hydrogens (primary N) is 1. The summed E-state index contributed by atoms with van der Waals surface area (Å²) in [7, 11) is 3.12. The van der Waals surface area contributed by atoms with Crippen molar-refractivity contribution in [3.63, 3.8) is 0 Å². The molecule has 1 atom stereocenters. The van der Waals surface area contributed by atoms with Crippen molar-refractivity contribution in [1.29, 1.82) is 0 Å². The summed E-state index contributed by atoms with van der Waals surface area (Å²) in [5.74, 6) is 0.752. The van der Waals surface area contributed by atoms with Gasteiger partial charge in [-0.15, -0.1) is 0 Å². The van der Waals surface area contributed by atoms with Gasteiger partial charge in [0.1, 0.15) is 0 Å². The van der Waals surface area contributed by atoms with Crippen LogP contribution in [-0.4, -0.2) is 25.9 Å². The SMILES string of the molecule is COc1cc2c(cc1OC)C(=O)C(CCC(N)=O)CC2. The van der Waals surface area contributed by atoms with Crippen LogP contribution in [0.3, 0.4) is 0 Å². The molecule has 0 aromatic heterocycles. The Morgan fingerprint density at radius 1 is 1.30 bits per heavy atom. The number of rotatable bonds is 5. The lowest BCUT2D eigenvalue weighted by Gasteiger charge is -2.24. The van der Waals surface area contributed by atoms with Crippen molar-refractivity contribution in [2.75, 3.05) is 14.2 Å². The third kappa shape index (κ3) is 2.76. The van der Waals surface area contributed by atoms with Gasteiger partial charge in [-0.3, -0.25) is 9.59 Å². The molecule has 0 aliphatic heterocycles. The zero-order valence-corrected chi connectivity index (χ0v) is 11.8. The molecule has 108 valence electrons. The van der Waals surface area contributed by atoms with Crippen molar-refractivity contribution < 1.29 is 19.1 Å². The summed E-state index contributed by atoms with van der Waals surface area (Å²) in [6, 6.07) is 3.59. The van der Waals surface area contributed by atoms with Crippen molar-refractivity contribution >= 4 is 11.7 Å². The van der Waals surface area contributed by atoms with Crippen LogP contribution in [0.1, 0.15) is 35.2 Å². The number of carbonyl (C=O) groups is 2. The lowest BCUT2D eigenvalue weighted by atomic mass is 9.80. The molecule has 0 spiro atoms. The van der Waals surface area contributed by atoms with Crippen LogP contribution < -0.4 is 15.2 Å². The van der Waals surface area contributed by atoms with E-state index in [4.69, 9.17) is 15.2 Å². The first-order chi connectivity index (χ1) is 9.56. The van der Waals surface area contributed by atoms with Gasteiger partial charge in [-0.05, 0) is 37.0 Å². The van der Waals surface area contributed by atoms with Gasteiger partial charge in [-0.2, -0.15) is 0 Å². The van der Waals surface area contributed by atoms with E-state index < -0.39 is 0 Å². The largest absolute Gasteiger partial charge is 0.493 e. The second kappa shape index (κ2) is 5.94. The number of fused-ring (bicyclic) bond motifs is 1. The van der Waals surface area contributed by atoms with Gasteiger partial charge in [0.15, 0.2) is 17.3 Å². The number of ketones is 1. The molecule has 20 heavy (non-hydrogen) atoms. The topological polar surface area (TPSA) is 78.6 Å². The van der Waals surface area contributed by atoms with Gasteiger partial charge in [0, 0.05) is 17.9 Å². The van der Waals surface area contributed by atoms with Crippen LogP contribution in [0.4, 0.5) is 0 Å². The highest BCUT2D eigenvalue weighted by Crippen LogP contribution is 2.36. The summed E-state index contributed by atoms with van der Waals surface area (Å²) in [6.07, 6.45) is 2.31. The van der Waals surface area contributed by atoms with E-state index in [1.807, 2.05) is 6.07 Å². The average Bonchev–Trinajstić information content (AvgIpc) is 2.45. The standard InChI is InChI=1S/C15H19NO4/c1-19-12-7-10-4-3-9(5-6-14(16)17)15(18)11(10)8-13(12)20-2/h7-9H,3-6H2,1-2H3,(H2,16,17). The van der Waals surface area contributed by atoms with Crippen LogP contribution in [0.2, 0.25) is 0 Å². The highest BCUT2D eigenvalue weighted by atomic mass is 16.5. The number of primary amides is 1. The smallest absolute Gasteiger partial charge is 0.217 e. The maximum atomic E-state index is 12.4. The van der Waals surface area contributed by atoms with Crippen LogP contribution >= 0.6 is 0 Å². The normalized spacial score (nSPS) is 17.5. The molecule has 2 N–H and O–H groups in total. The van der Waals surface area contributed by atoms with Crippen LogP contribution in [0.5, 0.6) is 11.5 Å². The third-order valence-electron chi connectivity index (χ3n) is 3.75. The predicted molar refractivity (Wildman–Crippen MR) is 74.1 cm³/mol. The summed E-state index contributed by atoms with van der Waals surface area (Å²) in [5, 5.41) is 0. The number of methoxy groups -OCH3 is 2. The quantitative estimate of drug-likeness (QED) is 0.888. The van der Waals surface area contributed by atoms with Crippen LogP contribution in [0.25, 0.3) is 0 Å². The van der Waals surface area contributed by atoms with E-state index in [1.165, 1.54) is 0 Å². The Kier molecular flexibility index (Phi) is 4.27. The molecule has 1 unspecified atom stereocenters. The number of Topliss-reactive ketones (excluding diaryl/α,β-unsaturated/α-hetero) is 1. The minimum Gasteiger partial charge on any atom is -0.493 e. The molecule has 2 rings (SSSR count). The Morgan fingerprint density at radius 2 is 1.95 bits per heavy atom. The Morgan fingerprint density at radius 3 is 2.55 bits per heavy atom. The molecule has 1 aliphatic carbocycles. The summed E-state index contributed by atoms with van der Waals surface area (Å²) in [4.78, 5) is 23.3. The lowest BCUT2D eigenvalue weighted by molar-refractivity contribution is -0.118. The molecule has 1 aromatic carbocycles. The number of amides is 1. The molecule has 0 radical (unpaired) electrons. The fraction of sp³-hybridized carbons (Fsp3) is 0.467. The number of aryl methyl sites for hydroxylation is 1. The van der Waals surface area contributed by atoms with Gasteiger partial charge in [0.05, 0.1) is 14.2 Å².